The van der Waals surface area contributed by atoms with Gasteiger partial charge in [0.15, 0.2) is 0 Å². The Morgan fingerprint density at radius 3 is 2.65 bits per heavy atom. The molecule has 1 aromatic heterocycles. The summed E-state index contributed by atoms with van der Waals surface area (Å²) in [4.78, 5) is 25.0. The maximum atomic E-state index is 12.2. The highest BCUT2D eigenvalue weighted by molar-refractivity contribution is 6.30. The van der Waals surface area contributed by atoms with E-state index in [1.165, 1.54) is 11.9 Å². The molecule has 1 aromatic carbocycles. The zero-order valence-corrected chi connectivity index (χ0v) is 21.0. The number of amides is 1. The molecule has 34 heavy (non-hydrogen) atoms. The lowest BCUT2D eigenvalue weighted by Crippen LogP contribution is -2.62. The van der Waals surface area contributed by atoms with Gasteiger partial charge in [0.1, 0.15) is 35.3 Å². The number of halogens is 1. The van der Waals surface area contributed by atoms with Gasteiger partial charge >= 0.3 is 6.09 Å². The molecule has 0 spiro atoms. The van der Waals surface area contributed by atoms with Gasteiger partial charge in [-0.1, -0.05) is 17.7 Å². The smallest absolute Gasteiger partial charge is 0.410 e. The largest absolute Gasteiger partial charge is 0.486 e. The van der Waals surface area contributed by atoms with Crippen molar-refractivity contribution in [2.45, 2.75) is 64.7 Å². The van der Waals surface area contributed by atoms with Gasteiger partial charge in [-0.3, -0.25) is 4.90 Å². The van der Waals surface area contributed by atoms with Crippen molar-refractivity contribution in [3.63, 3.8) is 0 Å². The van der Waals surface area contributed by atoms with Crippen LogP contribution < -0.4 is 10.1 Å². The minimum atomic E-state index is -0.451. The molecule has 8 nitrogen and oxygen atoms in total. The highest BCUT2D eigenvalue weighted by atomic mass is 35.5. The molecule has 2 fully saturated rings. The van der Waals surface area contributed by atoms with E-state index in [9.17, 15) is 4.79 Å². The first-order valence-electron chi connectivity index (χ1n) is 11.9. The molecule has 9 heteroatoms. The van der Waals surface area contributed by atoms with Gasteiger partial charge in [-0.25, -0.2) is 14.8 Å². The van der Waals surface area contributed by atoms with Crippen molar-refractivity contribution in [1.29, 1.82) is 0 Å². The highest BCUT2D eigenvalue weighted by Crippen LogP contribution is 2.41. The first-order valence-corrected chi connectivity index (χ1v) is 12.3. The summed E-state index contributed by atoms with van der Waals surface area (Å²) in [6.45, 7) is 11.7. The average Bonchev–Trinajstić information content (AvgIpc) is 2.92. The zero-order chi connectivity index (χ0) is 24.0. The van der Waals surface area contributed by atoms with E-state index in [2.05, 4.69) is 39.2 Å². The maximum Gasteiger partial charge on any atom is 0.410 e. The van der Waals surface area contributed by atoms with Crippen LogP contribution >= 0.6 is 11.6 Å². The second-order valence-electron chi connectivity index (χ2n) is 10.5. The van der Waals surface area contributed by atoms with E-state index >= 15 is 0 Å². The Kier molecular flexibility index (Phi) is 6.06. The Bertz CT molecular complexity index is 1090. The Balaban J connectivity index is 1.21. The van der Waals surface area contributed by atoms with Crippen LogP contribution in [0.25, 0.3) is 0 Å². The van der Waals surface area contributed by atoms with Crippen LogP contribution in [0.2, 0.25) is 5.15 Å². The Morgan fingerprint density at radius 2 is 1.94 bits per heavy atom. The third-order valence-corrected chi connectivity index (χ3v) is 7.16. The van der Waals surface area contributed by atoms with Crippen molar-refractivity contribution in [3.8, 4) is 5.75 Å². The molecule has 0 bridgehead atoms. The van der Waals surface area contributed by atoms with Crippen LogP contribution in [0.15, 0.2) is 18.5 Å². The molecule has 3 aliphatic heterocycles. The predicted octanol–water partition coefficient (Wildman–Crippen LogP) is 4.87. The van der Waals surface area contributed by atoms with E-state index in [1.807, 2.05) is 20.8 Å². The molecule has 2 saturated heterocycles. The highest BCUT2D eigenvalue weighted by Gasteiger charge is 2.38. The van der Waals surface area contributed by atoms with Crippen molar-refractivity contribution >= 4 is 29.2 Å². The summed E-state index contributed by atoms with van der Waals surface area (Å²) in [5.41, 5.74) is 3.67. The third kappa shape index (κ3) is 4.66. The normalized spacial score (nSPS) is 19.3. The van der Waals surface area contributed by atoms with Crippen molar-refractivity contribution in [1.82, 2.24) is 19.8 Å². The molecule has 0 atom stereocenters. The van der Waals surface area contributed by atoms with Crippen LogP contribution in [-0.4, -0.2) is 63.7 Å². The number of carbonyl (C=O) groups is 1. The lowest BCUT2D eigenvalue weighted by atomic mass is 9.87. The molecule has 2 aromatic rings. The Hall–Kier alpha value is -2.58. The lowest BCUT2D eigenvalue weighted by Gasteiger charge is -2.47. The summed E-state index contributed by atoms with van der Waals surface area (Å²) in [5, 5.41) is 3.83. The second kappa shape index (κ2) is 8.89. The van der Waals surface area contributed by atoms with Crippen LogP contribution in [0.3, 0.4) is 0 Å². The fourth-order valence-corrected chi connectivity index (χ4v) is 5.17. The lowest BCUT2D eigenvalue weighted by molar-refractivity contribution is -0.0196. The molecule has 0 radical (unpaired) electrons. The van der Waals surface area contributed by atoms with Gasteiger partial charge in [-0.15, -0.1) is 0 Å². The number of likely N-dealkylation sites (tertiary alicyclic amines) is 2. The molecule has 1 amide bonds. The monoisotopic (exact) mass is 485 g/mol. The molecule has 5 rings (SSSR count). The number of hydrogen-bond acceptors (Lipinski definition) is 7. The zero-order valence-electron chi connectivity index (χ0n) is 20.2. The SMILES string of the molecule is Cc1cc(C2CCN(C3CN(C(=O)OC(C)(C)C)C3)CC2)cc2c1OCc1c(Cl)ncnc1N2. The second-order valence-corrected chi connectivity index (χ2v) is 10.8. The number of nitrogens with one attached hydrogen (secondary N) is 1. The first-order chi connectivity index (χ1) is 16.2. The number of anilines is 2. The number of rotatable bonds is 2. The summed E-state index contributed by atoms with van der Waals surface area (Å²) in [6.07, 6.45) is 3.44. The van der Waals surface area contributed by atoms with Crippen LogP contribution in [0.4, 0.5) is 16.3 Å². The van der Waals surface area contributed by atoms with Crippen LogP contribution in [0.1, 0.15) is 56.2 Å². The number of piperidine rings is 1. The van der Waals surface area contributed by atoms with E-state index in [4.69, 9.17) is 21.1 Å². The van der Waals surface area contributed by atoms with Gasteiger partial charge in [0.25, 0.3) is 0 Å². The van der Waals surface area contributed by atoms with E-state index < -0.39 is 5.60 Å². The van der Waals surface area contributed by atoms with E-state index in [0.29, 0.717) is 29.5 Å². The number of carbonyl (C=O) groups excluding carboxylic acids is 1. The fraction of sp³-hybridized carbons (Fsp3) is 0.560. The molecule has 0 aliphatic carbocycles. The molecular formula is C25H32ClN5O3. The third-order valence-electron chi connectivity index (χ3n) is 6.83. The summed E-state index contributed by atoms with van der Waals surface area (Å²) < 4.78 is 11.6. The molecular weight excluding hydrogens is 454 g/mol. The number of hydrogen-bond donors (Lipinski definition) is 1. The summed E-state index contributed by atoms with van der Waals surface area (Å²) in [6, 6.07) is 4.87. The van der Waals surface area contributed by atoms with Crippen LogP contribution in [-0.2, 0) is 11.3 Å². The number of benzene rings is 1. The number of ether oxygens (including phenoxy) is 2. The molecule has 182 valence electrons. The van der Waals surface area contributed by atoms with Crippen LogP contribution in [0.5, 0.6) is 5.75 Å². The van der Waals surface area contributed by atoms with Crippen molar-refractivity contribution in [3.05, 3.63) is 40.3 Å². The number of aromatic nitrogens is 2. The summed E-state index contributed by atoms with van der Waals surface area (Å²) in [5.74, 6) is 2.03. The predicted molar refractivity (Wildman–Crippen MR) is 131 cm³/mol. The number of nitrogens with zero attached hydrogens (tertiary/aromatic N) is 4. The van der Waals surface area contributed by atoms with Gasteiger partial charge in [0.2, 0.25) is 0 Å². The van der Waals surface area contributed by atoms with Crippen molar-refractivity contribution in [2.75, 3.05) is 31.5 Å². The van der Waals surface area contributed by atoms with E-state index in [0.717, 1.165) is 61.6 Å². The van der Waals surface area contributed by atoms with Crippen molar-refractivity contribution in [2.24, 2.45) is 0 Å². The average molecular weight is 486 g/mol. The molecule has 3 aliphatic rings. The topological polar surface area (TPSA) is 79.8 Å². The quantitative estimate of drug-likeness (QED) is 0.607. The maximum absolute atomic E-state index is 12.2. The number of aryl methyl sites for hydroxylation is 1. The summed E-state index contributed by atoms with van der Waals surface area (Å²) >= 11 is 6.26. The van der Waals surface area contributed by atoms with Gasteiger partial charge in [-0.2, -0.15) is 0 Å². The van der Waals surface area contributed by atoms with E-state index in [1.54, 1.807) is 4.90 Å². The van der Waals surface area contributed by atoms with E-state index in [-0.39, 0.29) is 6.09 Å². The number of fused-ring (bicyclic) bond motifs is 2. The van der Waals surface area contributed by atoms with Gasteiger partial charge in [-0.05, 0) is 76.7 Å². The van der Waals surface area contributed by atoms with Gasteiger partial charge in [0, 0.05) is 19.1 Å². The fourth-order valence-electron chi connectivity index (χ4n) is 4.98. The summed E-state index contributed by atoms with van der Waals surface area (Å²) in [7, 11) is 0. The molecule has 4 heterocycles. The van der Waals surface area contributed by atoms with Crippen molar-refractivity contribution < 1.29 is 14.3 Å². The molecule has 0 unspecified atom stereocenters. The standard InChI is InChI=1S/C25H32ClN5O3/c1-15-9-17(10-20-21(15)33-13-19-22(26)27-14-28-23(19)29-20)16-5-7-30(8-6-16)18-11-31(12-18)24(32)34-25(2,3)4/h9-10,14,16,18H,5-8,11-13H2,1-4H3,(H,27,28,29). The van der Waals surface area contributed by atoms with Gasteiger partial charge < -0.3 is 19.7 Å². The molecule has 0 saturated carbocycles. The Labute approximate surface area is 205 Å². The minimum absolute atomic E-state index is 0.207. The Morgan fingerprint density at radius 1 is 1.21 bits per heavy atom. The first kappa shape index (κ1) is 23.2. The van der Waals surface area contributed by atoms with Gasteiger partial charge in [0.05, 0.1) is 11.3 Å². The minimum Gasteiger partial charge on any atom is -0.486 e. The molecule has 1 N–H and O–H groups in total. The van der Waals surface area contributed by atoms with Crippen LogP contribution in [0, 0.1) is 6.92 Å².